The molecule has 0 aliphatic carbocycles. The van der Waals surface area contributed by atoms with E-state index in [0.29, 0.717) is 17.0 Å². The first-order valence-corrected chi connectivity index (χ1v) is 6.52. The van der Waals surface area contributed by atoms with Gasteiger partial charge in [0.15, 0.2) is 0 Å². The summed E-state index contributed by atoms with van der Waals surface area (Å²) in [5.41, 5.74) is 6.13. The fourth-order valence-corrected chi connectivity index (χ4v) is 1.94. The van der Waals surface area contributed by atoms with Crippen molar-refractivity contribution in [1.29, 1.82) is 0 Å². The van der Waals surface area contributed by atoms with Crippen LogP contribution in [0.5, 0.6) is 0 Å². The lowest BCUT2D eigenvalue weighted by Crippen LogP contribution is -2.23. The van der Waals surface area contributed by atoms with Crippen LogP contribution in [0.1, 0.15) is 17.3 Å². The van der Waals surface area contributed by atoms with Gasteiger partial charge in [0.25, 0.3) is 0 Å². The van der Waals surface area contributed by atoms with E-state index in [4.69, 9.17) is 10.8 Å². The smallest absolute Gasteiger partial charge is 0.248 e. The molecule has 0 bridgehead atoms. The number of aliphatic hydroxyl groups excluding tert-OH is 1. The van der Waals surface area contributed by atoms with Crippen molar-refractivity contribution in [3.05, 3.63) is 29.8 Å². The summed E-state index contributed by atoms with van der Waals surface area (Å²) in [6, 6.07) is 6.37. The molecular weight excluding hydrogens is 252 g/mol. The second kappa shape index (κ2) is 7.03. The molecule has 1 atom stereocenters. The molecule has 0 saturated heterocycles. The average Bonchev–Trinajstić information content (AvgIpc) is 2.36. The van der Waals surface area contributed by atoms with Gasteiger partial charge in [-0.2, -0.15) is 0 Å². The van der Waals surface area contributed by atoms with Crippen molar-refractivity contribution >= 4 is 29.3 Å². The monoisotopic (exact) mass is 268 g/mol. The number of thioether (sulfide) groups is 1. The molecular formula is C12H16N2O3S. The summed E-state index contributed by atoms with van der Waals surface area (Å²) < 4.78 is 0. The van der Waals surface area contributed by atoms with E-state index in [0.717, 1.165) is 0 Å². The number of nitrogens with one attached hydrogen (secondary N) is 1. The van der Waals surface area contributed by atoms with Crippen LogP contribution < -0.4 is 11.1 Å². The molecule has 6 heteroatoms. The minimum Gasteiger partial charge on any atom is -0.396 e. The summed E-state index contributed by atoms with van der Waals surface area (Å²) in [6.07, 6.45) is 0. The van der Waals surface area contributed by atoms with Crippen LogP contribution in [0, 0.1) is 0 Å². The third kappa shape index (κ3) is 4.38. The lowest BCUT2D eigenvalue weighted by atomic mass is 10.2. The van der Waals surface area contributed by atoms with Gasteiger partial charge < -0.3 is 16.2 Å². The summed E-state index contributed by atoms with van der Waals surface area (Å²) in [4.78, 5) is 22.6. The van der Waals surface area contributed by atoms with Gasteiger partial charge in [-0.15, -0.1) is 11.8 Å². The SMILES string of the molecule is C[C@@H](SCCO)C(=O)Nc1ccc(C(N)=O)cc1. The number of benzene rings is 1. The van der Waals surface area contributed by atoms with Gasteiger partial charge in [-0.05, 0) is 31.2 Å². The van der Waals surface area contributed by atoms with E-state index < -0.39 is 5.91 Å². The Balaban J connectivity index is 2.56. The van der Waals surface area contributed by atoms with Gasteiger partial charge in [0.05, 0.1) is 11.9 Å². The molecule has 0 aliphatic rings. The Bertz CT molecular complexity index is 420. The summed E-state index contributed by atoms with van der Waals surface area (Å²) in [7, 11) is 0. The number of nitrogens with two attached hydrogens (primary N) is 1. The maximum Gasteiger partial charge on any atom is 0.248 e. The van der Waals surface area contributed by atoms with Gasteiger partial charge >= 0.3 is 0 Å². The predicted molar refractivity (Wildman–Crippen MR) is 72.6 cm³/mol. The van der Waals surface area contributed by atoms with Crippen molar-refractivity contribution < 1.29 is 14.7 Å². The van der Waals surface area contributed by atoms with Crippen molar-refractivity contribution in [2.24, 2.45) is 5.73 Å². The van der Waals surface area contributed by atoms with Crippen molar-refractivity contribution in [2.45, 2.75) is 12.2 Å². The first-order chi connectivity index (χ1) is 8.54. The molecule has 18 heavy (non-hydrogen) atoms. The summed E-state index contributed by atoms with van der Waals surface area (Å²) in [6.45, 7) is 1.82. The number of hydrogen-bond donors (Lipinski definition) is 3. The maximum absolute atomic E-state index is 11.7. The number of anilines is 1. The van der Waals surface area contributed by atoms with Crippen LogP contribution in [0.3, 0.4) is 0 Å². The lowest BCUT2D eigenvalue weighted by molar-refractivity contribution is -0.115. The molecule has 0 unspecified atom stereocenters. The topological polar surface area (TPSA) is 92.4 Å². The molecule has 1 aromatic carbocycles. The third-order valence-corrected chi connectivity index (χ3v) is 3.40. The molecule has 0 radical (unpaired) electrons. The molecule has 2 amide bonds. The highest BCUT2D eigenvalue weighted by Crippen LogP contribution is 2.14. The van der Waals surface area contributed by atoms with E-state index in [2.05, 4.69) is 5.32 Å². The van der Waals surface area contributed by atoms with Crippen molar-refractivity contribution in [3.8, 4) is 0 Å². The van der Waals surface area contributed by atoms with Gasteiger partial charge in [0.2, 0.25) is 11.8 Å². The van der Waals surface area contributed by atoms with E-state index in [9.17, 15) is 9.59 Å². The lowest BCUT2D eigenvalue weighted by Gasteiger charge is -2.11. The number of carbonyl (C=O) groups is 2. The van der Waals surface area contributed by atoms with Crippen LogP contribution in [-0.4, -0.2) is 34.5 Å². The minimum absolute atomic E-state index is 0.0512. The summed E-state index contributed by atoms with van der Waals surface area (Å²) in [5, 5.41) is 11.2. The number of hydrogen-bond acceptors (Lipinski definition) is 4. The highest BCUT2D eigenvalue weighted by Gasteiger charge is 2.13. The average molecular weight is 268 g/mol. The first kappa shape index (κ1) is 14.5. The molecule has 0 spiro atoms. The Hall–Kier alpha value is -1.53. The van der Waals surface area contributed by atoms with Gasteiger partial charge in [-0.1, -0.05) is 0 Å². The molecule has 0 fully saturated rings. The zero-order valence-electron chi connectivity index (χ0n) is 10.1. The van der Waals surface area contributed by atoms with E-state index in [-0.39, 0.29) is 17.8 Å². The quantitative estimate of drug-likeness (QED) is 0.712. The molecule has 4 N–H and O–H groups in total. The van der Waals surface area contributed by atoms with Gasteiger partial charge in [0, 0.05) is 17.0 Å². The molecule has 0 heterocycles. The zero-order chi connectivity index (χ0) is 13.5. The molecule has 98 valence electrons. The fourth-order valence-electron chi connectivity index (χ4n) is 1.27. The Kier molecular flexibility index (Phi) is 5.67. The van der Waals surface area contributed by atoms with Crippen LogP contribution in [0.2, 0.25) is 0 Å². The van der Waals surface area contributed by atoms with Crippen molar-refractivity contribution in [3.63, 3.8) is 0 Å². The summed E-state index contributed by atoms with van der Waals surface area (Å²) >= 11 is 1.38. The Morgan fingerprint density at radius 3 is 2.50 bits per heavy atom. The number of aliphatic hydroxyl groups is 1. The van der Waals surface area contributed by atoms with Gasteiger partial charge in [-0.3, -0.25) is 9.59 Å². The number of amides is 2. The molecule has 0 aliphatic heterocycles. The predicted octanol–water partition coefficient (Wildman–Crippen LogP) is 0.838. The standard InChI is InChI=1S/C12H16N2O3S/c1-8(18-7-6-15)12(17)14-10-4-2-9(3-5-10)11(13)16/h2-5,8,15H,6-7H2,1H3,(H2,13,16)(H,14,17)/t8-/m1/s1. The molecule has 1 aromatic rings. The molecule has 0 saturated carbocycles. The largest absolute Gasteiger partial charge is 0.396 e. The molecule has 0 aromatic heterocycles. The maximum atomic E-state index is 11.7. The van der Waals surface area contributed by atoms with Crippen molar-refractivity contribution in [1.82, 2.24) is 0 Å². The minimum atomic E-state index is -0.500. The number of primary amides is 1. The second-order valence-electron chi connectivity index (χ2n) is 3.67. The Morgan fingerprint density at radius 1 is 1.39 bits per heavy atom. The number of rotatable bonds is 6. The van der Waals surface area contributed by atoms with Crippen LogP contribution in [0.15, 0.2) is 24.3 Å². The highest BCUT2D eigenvalue weighted by molar-refractivity contribution is 8.00. The van der Waals surface area contributed by atoms with E-state index in [1.54, 1.807) is 31.2 Å². The van der Waals surface area contributed by atoms with Crippen molar-refractivity contribution in [2.75, 3.05) is 17.7 Å². The van der Waals surface area contributed by atoms with Crippen LogP contribution >= 0.6 is 11.8 Å². The van der Waals surface area contributed by atoms with Gasteiger partial charge in [-0.25, -0.2) is 0 Å². The molecule has 5 nitrogen and oxygen atoms in total. The fraction of sp³-hybridized carbons (Fsp3) is 0.333. The van der Waals surface area contributed by atoms with Crippen LogP contribution in [0.4, 0.5) is 5.69 Å². The number of carbonyl (C=O) groups excluding carboxylic acids is 2. The molecule has 1 rings (SSSR count). The summed E-state index contributed by atoms with van der Waals surface area (Å²) in [5.74, 6) is -0.116. The van der Waals surface area contributed by atoms with Crippen LogP contribution in [0.25, 0.3) is 0 Å². The third-order valence-electron chi connectivity index (χ3n) is 2.27. The van der Waals surface area contributed by atoms with E-state index in [1.165, 1.54) is 11.8 Å². The Labute approximate surface area is 110 Å². The Morgan fingerprint density at radius 2 is 2.00 bits per heavy atom. The van der Waals surface area contributed by atoms with Crippen LogP contribution in [-0.2, 0) is 4.79 Å². The zero-order valence-corrected chi connectivity index (χ0v) is 10.9. The van der Waals surface area contributed by atoms with Gasteiger partial charge in [0.1, 0.15) is 0 Å². The first-order valence-electron chi connectivity index (χ1n) is 5.47. The van der Waals surface area contributed by atoms with E-state index >= 15 is 0 Å². The second-order valence-corrected chi connectivity index (χ2v) is 5.12. The normalized spacial score (nSPS) is 11.9. The van der Waals surface area contributed by atoms with E-state index in [1.807, 2.05) is 0 Å². The highest BCUT2D eigenvalue weighted by atomic mass is 32.2.